The van der Waals surface area contributed by atoms with Crippen molar-refractivity contribution in [2.24, 2.45) is 0 Å². The fourth-order valence-electron chi connectivity index (χ4n) is 2.84. The lowest BCUT2D eigenvalue weighted by molar-refractivity contribution is 0.477. The van der Waals surface area contributed by atoms with Gasteiger partial charge in [0, 0.05) is 34.6 Å². The highest BCUT2D eigenvalue weighted by Gasteiger charge is 2.07. The summed E-state index contributed by atoms with van der Waals surface area (Å²) in [5, 5.41) is 19.9. The lowest BCUT2D eigenvalue weighted by atomic mass is 10.0. The van der Waals surface area contributed by atoms with E-state index < -0.39 is 0 Å². The number of rotatable bonds is 3. The van der Waals surface area contributed by atoms with Gasteiger partial charge in [-0.05, 0) is 24.3 Å². The first kappa shape index (κ1) is 15.8. The number of phenols is 2. The first-order valence-electron chi connectivity index (χ1n) is 8.21. The molecule has 0 unspecified atom stereocenters. The fraction of sp³-hybridized carbons (Fsp3) is 0. The van der Waals surface area contributed by atoms with Gasteiger partial charge < -0.3 is 10.2 Å². The second-order valence-electron chi connectivity index (χ2n) is 5.90. The molecule has 0 atom stereocenters. The minimum Gasteiger partial charge on any atom is -0.507 e. The van der Waals surface area contributed by atoms with Gasteiger partial charge >= 0.3 is 0 Å². The van der Waals surface area contributed by atoms with E-state index in [1.54, 1.807) is 36.7 Å². The zero-order valence-corrected chi connectivity index (χ0v) is 13.9. The van der Waals surface area contributed by atoms with Crippen LogP contribution in [-0.2, 0) is 0 Å². The summed E-state index contributed by atoms with van der Waals surface area (Å²) in [6.07, 6.45) is 3.45. The molecule has 0 amide bonds. The average Bonchev–Trinajstić information content (AvgIpc) is 2.69. The molecule has 0 radical (unpaired) electrons. The van der Waals surface area contributed by atoms with Crippen molar-refractivity contribution in [3.05, 3.63) is 85.2 Å². The van der Waals surface area contributed by atoms with Crippen molar-refractivity contribution in [2.45, 2.75) is 0 Å². The Hall–Kier alpha value is -3.66. The smallest absolute Gasteiger partial charge is 0.123 e. The molecule has 0 bridgehead atoms. The van der Waals surface area contributed by atoms with Crippen LogP contribution in [0.5, 0.6) is 11.5 Å². The first-order valence-corrected chi connectivity index (χ1v) is 8.21. The van der Waals surface area contributed by atoms with Crippen molar-refractivity contribution in [3.63, 3.8) is 0 Å². The third-order valence-corrected chi connectivity index (χ3v) is 4.22. The summed E-state index contributed by atoms with van der Waals surface area (Å²) in [5.41, 5.74) is 4.67. The molecule has 0 aliphatic rings. The summed E-state index contributed by atoms with van der Waals surface area (Å²) >= 11 is 0. The number of hydrogen-bond donors (Lipinski definition) is 2. The summed E-state index contributed by atoms with van der Waals surface area (Å²) in [4.78, 5) is 8.93. The van der Waals surface area contributed by atoms with Gasteiger partial charge in [-0.3, -0.25) is 9.97 Å². The zero-order valence-electron chi connectivity index (χ0n) is 13.9. The molecular formula is C22H16N2O2. The summed E-state index contributed by atoms with van der Waals surface area (Å²) in [6, 6.07) is 21.9. The average molecular weight is 340 g/mol. The van der Waals surface area contributed by atoms with E-state index in [0.717, 1.165) is 33.6 Å². The number of pyridine rings is 2. The van der Waals surface area contributed by atoms with E-state index in [-0.39, 0.29) is 11.5 Å². The van der Waals surface area contributed by atoms with E-state index in [2.05, 4.69) is 9.97 Å². The standard InChI is InChI=1S/C22H16N2O2/c25-21-7-3-1-5-17(21)15-9-11-19(23-13-15)20-12-10-16(14-24-20)18-6-2-4-8-22(18)26/h1-14,25-26H. The number of nitrogens with zero attached hydrogens (tertiary/aromatic N) is 2. The van der Waals surface area contributed by atoms with Crippen LogP contribution in [0.25, 0.3) is 33.6 Å². The quantitative estimate of drug-likeness (QED) is 0.557. The number of phenolic OH excluding ortho intramolecular Hbond substituents is 2. The van der Waals surface area contributed by atoms with Gasteiger partial charge in [0.2, 0.25) is 0 Å². The van der Waals surface area contributed by atoms with Crippen LogP contribution in [0.1, 0.15) is 0 Å². The molecule has 2 heterocycles. The Kier molecular flexibility index (Phi) is 4.07. The molecule has 4 rings (SSSR count). The highest BCUT2D eigenvalue weighted by Crippen LogP contribution is 2.31. The number of aromatic nitrogens is 2. The molecule has 2 N–H and O–H groups in total. The normalized spacial score (nSPS) is 10.6. The Morgan fingerprint density at radius 3 is 1.27 bits per heavy atom. The molecule has 2 aromatic carbocycles. The molecule has 0 saturated heterocycles. The third kappa shape index (κ3) is 3.00. The number of aromatic hydroxyl groups is 2. The van der Waals surface area contributed by atoms with Gasteiger partial charge in [0.25, 0.3) is 0 Å². The van der Waals surface area contributed by atoms with Crippen LogP contribution in [-0.4, -0.2) is 20.2 Å². The van der Waals surface area contributed by atoms with Crippen LogP contribution >= 0.6 is 0 Å². The summed E-state index contributed by atoms with van der Waals surface area (Å²) in [6.45, 7) is 0. The Bertz CT molecular complexity index is 955. The number of benzene rings is 2. The second kappa shape index (κ2) is 6.69. The second-order valence-corrected chi connectivity index (χ2v) is 5.90. The van der Waals surface area contributed by atoms with Gasteiger partial charge in [0.1, 0.15) is 11.5 Å². The zero-order chi connectivity index (χ0) is 17.9. The van der Waals surface area contributed by atoms with Crippen molar-refractivity contribution in [1.29, 1.82) is 0 Å². The van der Waals surface area contributed by atoms with E-state index in [0.29, 0.717) is 0 Å². The first-order chi connectivity index (χ1) is 12.7. The molecule has 26 heavy (non-hydrogen) atoms. The topological polar surface area (TPSA) is 66.2 Å². The van der Waals surface area contributed by atoms with Gasteiger partial charge in [-0.25, -0.2) is 0 Å². The van der Waals surface area contributed by atoms with Crippen LogP contribution in [0, 0.1) is 0 Å². The lowest BCUT2D eigenvalue weighted by Crippen LogP contribution is -1.89. The lowest BCUT2D eigenvalue weighted by Gasteiger charge is -2.07. The molecule has 126 valence electrons. The van der Waals surface area contributed by atoms with Crippen LogP contribution in [0.2, 0.25) is 0 Å². The van der Waals surface area contributed by atoms with Crippen LogP contribution in [0.15, 0.2) is 85.2 Å². The van der Waals surface area contributed by atoms with Crippen LogP contribution in [0.3, 0.4) is 0 Å². The van der Waals surface area contributed by atoms with E-state index in [1.807, 2.05) is 48.5 Å². The van der Waals surface area contributed by atoms with Crippen LogP contribution in [0.4, 0.5) is 0 Å². The third-order valence-electron chi connectivity index (χ3n) is 4.22. The molecule has 0 aliphatic heterocycles. The van der Waals surface area contributed by atoms with E-state index in [9.17, 15) is 10.2 Å². The van der Waals surface area contributed by atoms with E-state index in [1.165, 1.54) is 0 Å². The van der Waals surface area contributed by atoms with Gasteiger partial charge in [-0.1, -0.05) is 48.5 Å². The van der Waals surface area contributed by atoms with Crippen LogP contribution < -0.4 is 0 Å². The molecule has 4 aromatic rings. The minimum atomic E-state index is 0.229. The van der Waals surface area contributed by atoms with Gasteiger partial charge in [0.15, 0.2) is 0 Å². The Balaban J connectivity index is 1.62. The van der Waals surface area contributed by atoms with Gasteiger partial charge in [-0.2, -0.15) is 0 Å². The fourth-order valence-corrected chi connectivity index (χ4v) is 2.84. The van der Waals surface area contributed by atoms with Crippen molar-refractivity contribution in [1.82, 2.24) is 9.97 Å². The molecule has 0 aliphatic carbocycles. The maximum absolute atomic E-state index is 9.95. The van der Waals surface area contributed by atoms with Crippen molar-refractivity contribution in [3.8, 4) is 45.1 Å². The molecule has 4 nitrogen and oxygen atoms in total. The maximum Gasteiger partial charge on any atom is 0.123 e. The molecule has 2 aromatic heterocycles. The number of para-hydroxylation sites is 2. The molecule has 0 fully saturated rings. The summed E-state index contributed by atoms with van der Waals surface area (Å²) in [7, 11) is 0. The predicted molar refractivity (Wildman–Crippen MR) is 102 cm³/mol. The van der Waals surface area contributed by atoms with Crippen molar-refractivity contribution in [2.75, 3.05) is 0 Å². The summed E-state index contributed by atoms with van der Waals surface area (Å²) < 4.78 is 0. The SMILES string of the molecule is Oc1ccccc1-c1ccc(-c2ccc(-c3ccccc3O)cn2)nc1. The maximum atomic E-state index is 9.95. The highest BCUT2D eigenvalue weighted by atomic mass is 16.3. The Morgan fingerprint density at radius 1 is 0.500 bits per heavy atom. The Labute approximate surface area is 151 Å². The monoisotopic (exact) mass is 340 g/mol. The number of hydrogen-bond acceptors (Lipinski definition) is 4. The highest BCUT2D eigenvalue weighted by molar-refractivity contribution is 5.72. The van der Waals surface area contributed by atoms with Crippen molar-refractivity contribution < 1.29 is 10.2 Å². The predicted octanol–water partition coefficient (Wildman–Crippen LogP) is 4.89. The van der Waals surface area contributed by atoms with Gasteiger partial charge in [-0.15, -0.1) is 0 Å². The minimum absolute atomic E-state index is 0.229. The molecule has 4 heteroatoms. The summed E-state index contributed by atoms with van der Waals surface area (Å²) in [5.74, 6) is 0.458. The van der Waals surface area contributed by atoms with E-state index >= 15 is 0 Å². The molecule has 0 saturated carbocycles. The van der Waals surface area contributed by atoms with E-state index in [4.69, 9.17) is 0 Å². The Morgan fingerprint density at radius 2 is 0.923 bits per heavy atom. The molecule has 0 spiro atoms. The molecular weight excluding hydrogens is 324 g/mol. The largest absolute Gasteiger partial charge is 0.507 e. The van der Waals surface area contributed by atoms with Gasteiger partial charge in [0.05, 0.1) is 11.4 Å². The van der Waals surface area contributed by atoms with Crippen molar-refractivity contribution >= 4 is 0 Å².